The normalized spacial score (nSPS) is 13.6. The summed E-state index contributed by atoms with van der Waals surface area (Å²) in [6, 6.07) is 54.8. The zero-order chi connectivity index (χ0) is 32.7. The molecule has 1 aliphatic heterocycles. The van der Waals surface area contributed by atoms with Crippen LogP contribution in [0, 0.1) is 0 Å². The maximum absolute atomic E-state index is 14.5. The lowest BCUT2D eigenvalue weighted by Crippen LogP contribution is -2.33. The quantitative estimate of drug-likeness (QED) is 0.179. The lowest BCUT2D eigenvalue weighted by molar-refractivity contribution is 0.592. The lowest BCUT2D eigenvalue weighted by Gasteiger charge is -2.30. The van der Waals surface area contributed by atoms with E-state index in [4.69, 9.17) is 4.98 Å². The van der Waals surface area contributed by atoms with Gasteiger partial charge in [0.1, 0.15) is 4.90 Å². The molecule has 0 unspecified atom stereocenters. The molecule has 8 aromatic carbocycles. The number of hydrogen-bond acceptors (Lipinski definition) is 3. The van der Waals surface area contributed by atoms with Gasteiger partial charge in [0.2, 0.25) is 5.95 Å². The molecule has 0 bridgehead atoms. The highest BCUT2D eigenvalue weighted by molar-refractivity contribution is 7.93. The van der Waals surface area contributed by atoms with E-state index in [1.165, 1.54) is 36.6 Å². The fourth-order valence-corrected chi connectivity index (χ4v) is 9.09. The third-order valence-corrected chi connectivity index (χ3v) is 11.4. The average molecular weight is 650 g/mol. The maximum Gasteiger partial charge on any atom is 0.273 e. The van der Waals surface area contributed by atoms with E-state index < -0.39 is 10.0 Å². The van der Waals surface area contributed by atoms with Crippen LogP contribution in [0.1, 0.15) is 0 Å². The average Bonchev–Trinajstić information content (AvgIpc) is 3.54. The Hall–Kier alpha value is -6.24. The topological polar surface area (TPSA) is 55.2 Å². The van der Waals surface area contributed by atoms with Crippen LogP contribution in [0.3, 0.4) is 0 Å². The first kappa shape index (κ1) is 27.8. The standard InChI is InChI=1S/C43H27N3O2S/c47-49(48)42-27-31(22-24-41(42)45-40-20-9-8-19-39(40)44-43(45)46(49)32-13-2-1-3-14-32)29-12-10-11-28(25-29)30-21-23-37-35-17-5-4-15-33(35)34-16-6-7-18-36(34)38(37)26-30/h1-27H. The van der Waals surface area contributed by atoms with Crippen LogP contribution in [0.2, 0.25) is 0 Å². The first-order valence-electron chi connectivity index (χ1n) is 16.2. The molecule has 0 N–H and O–H groups in total. The van der Waals surface area contributed by atoms with Gasteiger partial charge < -0.3 is 0 Å². The van der Waals surface area contributed by atoms with Crippen molar-refractivity contribution in [2.75, 3.05) is 4.31 Å². The van der Waals surface area contributed by atoms with E-state index in [2.05, 4.69) is 78.9 Å². The highest BCUT2D eigenvalue weighted by atomic mass is 32.2. The van der Waals surface area contributed by atoms with Crippen molar-refractivity contribution < 1.29 is 8.42 Å². The Morgan fingerprint density at radius 1 is 0.449 bits per heavy atom. The Balaban J connectivity index is 1.14. The SMILES string of the molecule is O=S1(=O)c2cc(-c3cccc(-c4ccc5c6ccccc6c6ccccc6c5c4)c3)ccc2-n2c(nc3ccccc32)N1c1ccccc1. The molecule has 1 aliphatic rings. The van der Waals surface area contributed by atoms with Crippen molar-refractivity contribution in [1.29, 1.82) is 0 Å². The summed E-state index contributed by atoms with van der Waals surface area (Å²) in [4.78, 5) is 5.03. The van der Waals surface area contributed by atoms with Crippen molar-refractivity contribution in [2.24, 2.45) is 0 Å². The summed E-state index contributed by atoms with van der Waals surface area (Å²) in [6.45, 7) is 0. The van der Waals surface area contributed by atoms with E-state index in [1.807, 2.05) is 71.3 Å². The predicted octanol–water partition coefficient (Wildman–Crippen LogP) is 10.7. The van der Waals surface area contributed by atoms with E-state index in [1.54, 1.807) is 18.2 Å². The van der Waals surface area contributed by atoms with Gasteiger partial charge in [-0.05, 0) is 103 Å². The Morgan fingerprint density at radius 3 is 1.71 bits per heavy atom. The molecule has 232 valence electrons. The predicted molar refractivity (Wildman–Crippen MR) is 200 cm³/mol. The summed E-state index contributed by atoms with van der Waals surface area (Å²) in [7, 11) is -4.00. The highest BCUT2D eigenvalue weighted by Gasteiger charge is 2.39. The summed E-state index contributed by atoms with van der Waals surface area (Å²) in [6.07, 6.45) is 0. The second-order valence-corrected chi connectivity index (χ2v) is 14.2. The number of rotatable bonds is 3. The number of aromatic nitrogens is 2. The molecule has 0 radical (unpaired) electrons. The summed E-state index contributed by atoms with van der Waals surface area (Å²) < 4.78 is 32.3. The van der Waals surface area contributed by atoms with Crippen molar-refractivity contribution in [3.63, 3.8) is 0 Å². The minimum absolute atomic E-state index is 0.235. The fraction of sp³-hybridized carbons (Fsp3) is 0. The minimum Gasteiger partial charge on any atom is -0.276 e. The molecule has 5 nitrogen and oxygen atoms in total. The molecular weight excluding hydrogens is 623 g/mol. The second-order valence-electron chi connectivity index (χ2n) is 12.5. The van der Waals surface area contributed by atoms with Crippen molar-refractivity contribution >= 4 is 65.0 Å². The molecule has 10 rings (SSSR count). The molecule has 9 aromatic rings. The van der Waals surface area contributed by atoms with Crippen molar-refractivity contribution in [2.45, 2.75) is 4.90 Å². The van der Waals surface area contributed by atoms with Crippen LogP contribution in [0.5, 0.6) is 0 Å². The van der Waals surface area contributed by atoms with Gasteiger partial charge in [-0.2, -0.15) is 0 Å². The Bertz CT molecular complexity index is 2880. The first-order chi connectivity index (χ1) is 24.1. The van der Waals surface area contributed by atoms with Gasteiger partial charge in [-0.1, -0.05) is 115 Å². The van der Waals surface area contributed by atoms with E-state index in [0.29, 0.717) is 17.3 Å². The van der Waals surface area contributed by atoms with Gasteiger partial charge >= 0.3 is 0 Å². The van der Waals surface area contributed by atoms with Crippen LogP contribution in [0.25, 0.3) is 71.3 Å². The summed E-state index contributed by atoms with van der Waals surface area (Å²) in [5, 5.41) is 7.40. The smallest absolute Gasteiger partial charge is 0.273 e. The number of anilines is 2. The molecule has 0 fully saturated rings. The molecule has 49 heavy (non-hydrogen) atoms. The second kappa shape index (κ2) is 10.4. The largest absolute Gasteiger partial charge is 0.276 e. The third-order valence-electron chi connectivity index (χ3n) is 9.71. The van der Waals surface area contributed by atoms with Crippen molar-refractivity contribution in [3.05, 3.63) is 164 Å². The zero-order valence-electron chi connectivity index (χ0n) is 26.2. The maximum atomic E-state index is 14.5. The van der Waals surface area contributed by atoms with Crippen LogP contribution in [0.15, 0.2) is 169 Å². The Kier molecular flexibility index (Phi) is 5.90. The molecule has 0 aliphatic carbocycles. The van der Waals surface area contributed by atoms with Gasteiger partial charge in [0, 0.05) is 0 Å². The number of sulfonamides is 1. The third kappa shape index (κ3) is 4.11. The zero-order valence-corrected chi connectivity index (χ0v) is 27.0. The fourth-order valence-electron chi connectivity index (χ4n) is 7.46. The molecule has 0 spiro atoms. The van der Waals surface area contributed by atoms with Gasteiger partial charge in [0.05, 0.1) is 22.4 Å². The number of para-hydroxylation sites is 3. The Labute approximate surface area is 283 Å². The van der Waals surface area contributed by atoms with Crippen LogP contribution in [0.4, 0.5) is 11.6 Å². The van der Waals surface area contributed by atoms with Gasteiger partial charge in [-0.25, -0.2) is 17.7 Å². The molecule has 0 atom stereocenters. The minimum atomic E-state index is -4.00. The van der Waals surface area contributed by atoms with Crippen molar-refractivity contribution in [1.82, 2.24) is 9.55 Å². The van der Waals surface area contributed by atoms with Gasteiger partial charge in [0.25, 0.3) is 10.0 Å². The number of benzene rings is 8. The van der Waals surface area contributed by atoms with Crippen molar-refractivity contribution in [3.8, 4) is 27.9 Å². The molecular formula is C43H27N3O2S. The number of imidazole rings is 1. The Morgan fingerprint density at radius 2 is 1.00 bits per heavy atom. The lowest BCUT2D eigenvalue weighted by atomic mass is 9.91. The van der Waals surface area contributed by atoms with Gasteiger partial charge in [-0.15, -0.1) is 0 Å². The van der Waals surface area contributed by atoms with Gasteiger partial charge in [-0.3, -0.25) is 4.57 Å². The van der Waals surface area contributed by atoms with E-state index >= 15 is 0 Å². The van der Waals surface area contributed by atoms with Crippen LogP contribution in [-0.2, 0) is 10.0 Å². The van der Waals surface area contributed by atoms with E-state index in [0.717, 1.165) is 33.3 Å². The molecule has 0 amide bonds. The van der Waals surface area contributed by atoms with Crippen LogP contribution >= 0.6 is 0 Å². The van der Waals surface area contributed by atoms with Crippen LogP contribution < -0.4 is 4.31 Å². The number of nitrogens with zero attached hydrogens (tertiary/aromatic N) is 3. The monoisotopic (exact) mass is 649 g/mol. The first-order valence-corrected chi connectivity index (χ1v) is 17.7. The number of fused-ring (bicyclic) bond motifs is 11. The summed E-state index contributed by atoms with van der Waals surface area (Å²) >= 11 is 0. The molecule has 6 heteroatoms. The summed E-state index contributed by atoms with van der Waals surface area (Å²) in [5.74, 6) is 0.353. The molecule has 1 aromatic heterocycles. The van der Waals surface area contributed by atoms with Gasteiger partial charge in [0.15, 0.2) is 0 Å². The van der Waals surface area contributed by atoms with E-state index in [-0.39, 0.29) is 4.90 Å². The molecule has 0 saturated carbocycles. The molecule has 0 saturated heterocycles. The number of hydrogen-bond donors (Lipinski definition) is 0. The highest BCUT2D eigenvalue weighted by Crippen LogP contribution is 2.44. The molecule has 2 heterocycles. The van der Waals surface area contributed by atoms with E-state index in [9.17, 15) is 8.42 Å². The summed E-state index contributed by atoms with van der Waals surface area (Å²) in [5.41, 5.74) is 6.62. The van der Waals surface area contributed by atoms with Crippen LogP contribution in [-0.4, -0.2) is 18.0 Å².